The number of piperidine rings is 1. The van der Waals surface area contributed by atoms with Gasteiger partial charge in [0.2, 0.25) is 0 Å². The van der Waals surface area contributed by atoms with E-state index in [0.29, 0.717) is 25.9 Å². The summed E-state index contributed by atoms with van der Waals surface area (Å²) in [5.41, 5.74) is 3.79. The normalized spacial score (nSPS) is 18.1. The fourth-order valence-corrected chi connectivity index (χ4v) is 5.30. The Balaban J connectivity index is 1.58. The SMILES string of the molecule is CC(C)(C)C1CC(c2nc(NCc3ccccn3)c3c(-c4ccccc4)cccc3n2)CCN1C(=O)O. The van der Waals surface area contributed by atoms with Gasteiger partial charge in [-0.05, 0) is 47.6 Å². The van der Waals surface area contributed by atoms with Crippen LogP contribution in [0.15, 0.2) is 72.9 Å². The molecule has 2 atom stereocenters. The molecule has 4 aromatic rings. The summed E-state index contributed by atoms with van der Waals surface area (Å²) in [6, 6.07) is 22.2. The van der Waals surface area contributed by atoms with Gasteiger partial charge in [0.15, 0.2) is 0 Å². The lowest BCUT2D eigenvalue weighted by atomic mass is 9.77. The van der Waals surface area contributed by atoms with Gasteiger partial charge in [-0.1, -0.05) is 69.3 Å². The van der Waals surface area contributed by atoms with Crippen LogP contribution in [0.5, 0.6) is 0 Å². The molecule has 0 bridgehead atoms. The molecule has 1 aliphatic heterocycles. The first-order chi connectivity index (χ1) is 17.8. The Hall–Kier alpha value is -4.00. The Morgan fingerprint density at radius 2 is 1.81 bits per heavy atom. The summed E-state index contributed by atoms with van der Waals surface area (Å²) in [4.78, 5) is 28.2. The number of nitrogens with one attached hydrogen (secondary N) is 1. The number of anilines is 1. The van der Waals surface area contributed by atoms with Gasteiger partial charge < -0.3 is 15.3 Å². The highest BCUT2D eigenvalue weighted by atomic mass is 16.4. The molecule has 7 heteroatoms. The smallest absolute Gasteiger partial charge is 0.407 e. The lowest BCUT2D eigenvalue weighted by Crippen LogP contribution is -2.51. The summed E-state index contributed by atoms with van der Waals surface area (Å²) in [5, 5.41) is 14.3. The molecular formula is C30H33N5O2. The van der Waals surface area contributed by atoms with Gasteiger partial charge in [0, 0.05) is 24.7 Å². The van der Waals surface area contributed by atoms with Gasteiger partial charge in [-0.15, -0.1) is 0 Å². The number of hydrogen-bond donors (Lipinski definition) is 2. The van der Waals surface area contributed by atoms with Crippen LogP contribution in [0.4, 0.5) is 10.6 Å². The van der Waals surface area contributed by atoms with Gasteiger partial charge in [-0.25, -0.2) is 14.8 Å². The molecule has 2 N–H and O–H groups in total. The van der Waals surface area contributed by atoms with Crippen LogP contribution in [-0.4, -0.2) is 43.6 Å². The molecule has 0 saturated carbocycles. The topological polar surface area (TPSA) is 91.2 Å². The van der Waals surface area contributed by atoms with Crippen molar-refractivity contribution in [2.45, 2.75) is 52.1 Å². The molecule has 5 rings (SSSR count). The van der Waals surface area contributed by atoms with Crippen LogP contribution in [0.25, 0.3) is 22.0 Å². The van der Waals surface area contributed by atoms with E-state index in [1.807, 2.05) is 48.5 Å². The maximum atomic E-state index is 12.0. The number of fused-ring (bicyclic) bond motifs is 1. The number of amides is 1. The molecule has 0 radical (unpaired) electrons. The molecule has 2 unspecified atom stereocenters. The highest BCUT2D eigenvalue weighted by molar-refractivity contribution is 6.01. The number of nitrogens with zero attached hydrogens (tertiary/aromatic N) is 4. The first-order valence-electron chi connectivity index (χ1n) is 12.8. The molecule has 3 heterocycles. The lowest BCUT2D eigenvalue weighted by molar-refractivity contribution is 0.0516. The second-order valence-electron chi connectivity index (χ2n) is 10.7. The zero-order chi connectivity index (χ0) is 26.0. The number of hydrogen-bond acceptors (Lipinski definition) is 5. The molecule has 0 aliphatic carbocycles. The fourth-order valence-electron chi connectivity index (χ4n) is 5.30. The highest BCUT2D eigenvalue weighted by Gasteiger charge is 2.40. The fraction of sp³-hybridized carbons (Fsp3) is 0.333. The first-order valence-corrected chi connectivity index (χ1v) is 12.8. The minimum Gasteiger partial charge on any atom is -0.465 e. The third kappa shape index (κ3) is 5.26. The van der Waals surface area contributed by atoms with E-state index < -0.39 is 6.09 Å². The van der Waals surface area contributed by atoms with E-state index in [0.717, 1.165) is 39.4 Å². The van der Waals surface area contributed by atoms with Crippen molar-refractivity contribution in [2.75, 3.05) is 11.9 Å². The van der Waals surface area contributed by atoms with Crippen molar-refractivity contribution in [1.82, 2.24) is 19.9 Å². The van der Waals surface area contributed by atoms with E-state index in [2.05, 4.69) is 49.3 Å². The van der Waals surface area contributed by atoms with Gasteiger partial charge in [0.1, 0.15) is 11.6 Å². The molecule has 1 saturated heterocycles. The quantitative estimate of drug-likeness (QED) is 0.325. The van der Waals surface area contributed by atoms with Crippen molar-refractivity contribution >= 4 is 22.8 Å². The van der Waals surface area contributed by atoms with Crippen LogP contribution in [0, 0.1) is 5.41 Å². The minimum atomic E-state index is -0.858. The molecule has 190 valence electrons. The third-order valence-electron chi connectivity index (χ3n) is 7.20. The van der Waals surface area contributed by atoms with Crippen molar-refractivity contribution in [3.05, 3.63) is 84.4 Å². The van der Waals surface area contributed by atoms with E-state index in [4.69, 9.17) is 9.97 Å². The van der Waals surface area contributed by atoms with Crippen LogP contribution in [0.3, 0.4) is 0 Å². The summed E-state index contributed by atoms with van der Waals surface area (Å²) >= 11 is 0. The largest absolute Gasteiger partial charge is 0.465 e. The third-order valence-corrected chi connectivity index (χ3v) is 7.20. The van der Waals surface area contributed by atoms with Gasteiger partial charge in [-0.3, -0.25) is 4.98 Å². The van der Waals surface area contributed by atoms with Crippen molar-refractivity contribution in [3.63, 3.8) is 0 Å². The summed E-state index contributed by atoms with van der Waals surface area (Å²) in [6.45, 7) is 7.32. The number of rotatable bonds is 5. The zero-order valence-electron chi connectivity index (χ0n) is 21.6. The average molecular weight is 496 g/mol. The highest BCUT2D eigenvalue weighted by Crippen LogP contribution is 2.40. The number of aromatic nitrogens is 3. The van der Waals surface area contributed by atoms with E-state index in [1.165, 1.54) is 0 Å². The molecule has 0 spiro atoms. The van der Waals surface area contributed by atoms with Crippen LogP contribution >= 0.6 is 0 Å². The van der Waals surface area contributed by atoms with Crippen LogP contribution in [0.2, 0.25) is 0 Å². The summed E-state index contributed by atoms with van der Waals surface area (Å²) in [5.74, 6) is 1.61. The van der Waals surface area contributed by atoms with Crippen molar-refractivity contribution < 1.29 is 9.90 Å². The van der Waals surface area contributed by atoms with Gasteiger partial charge in [0.25, 0.3) is 0 Å². The van der Waals surface area contributed by atoms with Crippen molar-refractivity contribution in [2.24, 2.45) is 5.41 Å². The van der Waals surface area contributed by atoms with Gasteiger partial charge in [0.05, 0.1) is 23.1 Å². The summed E-state index contributed by atoms with van der Waals surface area (Å²) < 4.78 is 0. The molecular weight excluding hydrogens is 462 g/mol. The monoisotopic (exact) mass is 495 g/mol. The van der Waals surface area contributed by atoms with Crippen LogP contribution < -0.4 is 5.32 Å². The number of benzene rings is 2. The van der Waals surface area contributed by atoms with E-state index >= 15 is 0 Å². The Kier molecular flexibility index (Phi) is 6.78. The second kappa shape index (κ2) is 10.2. The van der Waals surface area contributed by atoms with Crippen LogP contribution in [0.1, 0.15) is 51.0 Å². The second-order valence-corrected chi connectivity index (χ2v) is 10.7. The van der Waals surface area contributed by atoms with Gasteiger partial charge >= 0.3 is 6.09 Å². The number of likely N-dealkylation sites (tertiary alicyclic amines) is 1. The summed E-state index contributed by atoms with van der Waals surface area (Å²) in [7, 11) is 0. The van der Waals surface area contributed by atoms with Gasteiger partial charge in [-0.2, -0.15) is 0 Å². The Labute approximate surface area is 217 Å². The van der Waals surface area contributed by atoms with E-state index in [9.17, 15) is 9.90 Å². The first kappa shape index (κ1) is 24.7. The number of carboxylic acid groups (broad SMARTS) is 1. The molecule has 2 aromatic carbocycles. The maximum Gasteiger partial charge on any atom is 0.407 e. The zero-order valence-corrected chi connectivity index (χ0v) is 21.6. The predicted molar refractivity (Wildman–Crippen MR) is 146 cm³/mol. The number of carbonyl (C=O) groups is 1. The molecule has 1 amide bonds. The minimum absolute atomic E-state index is 0.0695. The average Bonchev–Trinajstić information content (AvgIpc) is 2.91. The number of pyridine rings is 1. The molecule has 7 nitrogen and oxygen atoms in total. The molecule has 37 heavy (non-hydrogen) atoms. The maximum absolute atomic E-state index is 12.0. The standard InChI is InChI=1S/C30H33N5O2/c1-30(2,3)25-18-21(15-17-35(25)29(36)37)27-33-24-14-9-13-23(20-10-5-4-6-11-20)26(24)28(34-27)32-19-22-12-7-8-16-31-22/h4-14,16,21,25H,15,17-19H2,1-3H3,(H,36,37)(H,32,33,34). The van der Waals surface area contributed by atoms with Crippen LogP contribution in [-0.2, 0) is 6.54 Å². The predicted octanol–water partition coefficient (Wildman–Crippen LogP) is 6.58. The van der Waals surface area contributed by atoms with E-state index in [1.54, 1.807) is 11.1 Å². The van der Waals surface area contributed by atoms with E-state index in [-0.39, 0.29) is 17.4 Å². The summed E-state index contributed by atoms with van der Waals surface area (Å²) in [6.07, 6.45) is 2.32. The molecule has 1 aliphatic rings. The molecule has 1 fully saturated rings. The van der Waals surface area contributed by atoms with Crippen molar-refractivity contribution in [3.8, 4) is 11.1 Å². The Morgan fingerprint density at radius 1 is 1.03 bits per heavy atom. The lowest BCUT2D eigenvalue weighted by Gasteiger charge is -2.44. The van der Waals surface area contributed by atoms with Crippen molar-refractivity contribution in [1.29, 1.82) is 0 Å². The Bertz CT molecular complexity index is 1390. The Morgan fingerprint density at radius 3 is 2.51 bits per heavy atom. The molecule has 2 aromatic heterocycles.